The molecule has 0 aromatic carbocycles. The standard InChI is InChI=1S/C11H12O4/c1-2-13-11(12)8-3-5-9-10(6-4-8)15-7-14-9/h3-6,8H,2,7H2,1H3. The number of hydrogen-bond donors (Lipinski definition) is 0. The maximum absolute atomic E-state index is 11.4. The largest absolute Gasteiger partial charge is 0.465 e. The summed E-state index contributed by atoms with van der Waals surface area (Å²) < 4.78 is 15.3. The molecule has 0 N–H and O–H groups in total. The lowest BCUT2D eigenvalue weighted by atomic mass is 10.1. The van der Waals surface area contributed by atoms with Crippen LogP contribution in [0.4, 0.5) is 0 Å². The van der Waals surface area contributed by atoms with Crippen LogP contribution in [0.2, 0.25) is 0 Å². The van der Waals surface area contributed by atoms with E-state index in [0.29, 0.717) is 18.1 Å². The minimum atomic E-state index is -0.359. The van der Waals surface area contributed by atoms with Gasteiger partial charge in [0, 0.05) is 0 Å². The molecule has 15 heavy (non-hydrogen) atoms. The minimum Gasteiger partial charge on any atom is -0.465 e. The third kappa shape index (κ3) is 2.03. The molecule has 0 fully saturated rings. The minimum absolute atomic E-state index is 0.240. The van der Waals surface area contributed by atoms with Crippen LogP contribution in [-0.4, -0.2) is 19.4 Å². The van der Waals surface area contributed by atoms with Gasteiger partial charge in [-0.2, -0.15) is 0 Å². The number of allylic oxidation sites excluding steroid dienone is 2. The summed E-state index contributed by atoms with van der Waals surface area (Å²) in [7, 11) is 0. The van der Waals surface area contributed by atoms with Crippen molar-refractivity contribution in [3.05, 3.63) is 35.8 Å². The molecule has 4 heteroatoms. The van der Waals surface area contributed by atoms with Crippen LogP contribution in [0.3, 0.4) is 0 Å². The number of carbonyl (C=O) groups is 1. The summed E-state index contributed by atoms with van der Waals surface area (Å²) in [4.78, 5) is 11.4. The van der Waals surface area contributed by atoms with Crippen LogP contribution in [0, 0.1) is 5.92 Å². The van der Waals surface area contributed by atoms with E-state index < -0.39 is 0 Å². The van der Waals surface area contributed by atoms with Gasteiger partial charge in [-0.15, -0.1) is 0 Å². The number of esters is 1. The number of hydrogen-bond acceptors (Lipinski definition) is 4. The Hall–Kier alpha value is -1.71. The van der Waals surface area contributed by atoms with Gasteiger partial charge in [-0.25, -0.2) is 0 Å². The molecule has 0 amide bonds. The van der Waals surface area contributed by atoms with Gasteiger partial charge < -0.3 is 14.2 Å². The van der Waals surface area contributed by atoms with Crippen molar-refractivity contribution in [1.29, 1.82) is 0 Å². The highest BCUT2D eigenvalue weighted by Crippen LogP contribution is 2.23. The molecule has 1 aliphatic carbocycles. The Labute approximate surface area is 87.8 Å². The highest BCUT2D eigenvalue weighted by Gasteiger charge is 2.20. The van der Waals surface area contributed by atoms with Crippen molar-refractivity contribution < 1.29 is 19.0 Å². The van der Waals surface area contributed by atoms with Crippen LogP contribution in [0.25, 0.3) is 0 Å². The van der Waals surface area contributed by atoms with Gasteiger partial charge in [-0.1, -0.05) is 12.2 Å². The smallest absolute Gasteiger partial charge is 0.316 e. The van der Waals surface area contributed by atoms with Crippen LogP contribution < -0.4 is 0 Å². The van der Waals surface area contributed by atoms with Gasteiger partial charge >= 0.3 is 5.97 Å². The van der Waals surface area contributed by atoms with Gasteiger partial charge in [0.05, 0.1) is 12.5 Å². The topological polar surface area (TPSA) is 44.8 Å². The quantitative estimate of drug-likeness (QED) is 0.645. The van der Waals surface area contributed by atoms with Crippen LogP contribution >= 0.6 is 0 Å². The summed E-state index contributed by atoms with van der Waals surface area (Å²) in [6.45, 7) is 2.41. The average molecular weight is 208 g/mol. The number of ether oxygens (including phenoxy) is 3. The Morgan fingerprint density at radius 3 is 2.53 bits per heavy atom. The number of carbonyl (C=O) groups excluding carboxylic acids is 1. The Balaban J connectivity index is 2.09. The normalized spacial score (nSPS) is 19.3. The molecule has 0 radical (unpaired) electrons. The molecule has 0 aromatic rings. The lowest BCUT2D eigenvalue weighted by Gasteiger charge is -2.05. The molecule has 2 aliphatic rings. The van der Waals surface area contributed by atoms with Crippen molar-refractivity contribution in [3.63, 3.8) is 0 Å². The summed E-state index contributed by atoms with van der Waals surface area (Å²) in [5.74, 6) is 0.713. The van der Waals surface area contributed by atoms with Crippen LogP contribution in [0.1, 0.15) is 6.92 Å². The molecule has 80 valence electrons. The first-order valence-corrected chi connectivity index (χ1v) is 4.84. The lowest BCUT2D eigenvalue weighted by Crippen LogP contribution is -2.13. The van der Waals surface area contributed by atoms with Crippen molar-refractivity contribution in [2.24, 2.45) is 5.92 Å². The summed E-state index contributed by atoms with van der Waals surface area (Å²) in [5.41, 5.74) is 0. The van der Waals surface area contributed by atoms with Crippen LogP contribution in [0.5, 0.6) is 0 Å². The van der Waals surface area contributed by atoms with Gasteiger partial charge in [-0.05, 0) is 19.1 Å². The Morgan fingerprint density at radius 1 is 1.40 bits per heavy atom. The summed E-state index contributed by atoms with van der Waals surface area (Å²) in [6.07, 6.45) is 6.96. The fraction of sp³-hybridized carbons (Fsp3) is 0.364. The molecule has 1 aliphatic heterocycles. The zero-order chi connectivity index (χ0) is 10.7. The average Bonchev–Trinajstić information content (AvgIpc) is 2.58. The lowest BCUT2D eigenvalue weighted by molar-refractivity contribution is -0.144. The molecule has 0 atom stereocenters. The molecule has 0 bridgehead atoms. The van der Waals surface area contributed by atoms with Crippen molar-refractivity contribution in [2.45, 2.75) is 6.92 Å². The molecular weight excluding hydrogens is 196 g/mol. The van der Waals surface area contributed by atoms with E-state index in [9.17, 15) is 4.79 Å². The zero-order valence-corrected chi connectivity index (χ0v) is 8.43. The fourth-order valence-electron chi connectivity index (χ4n) is 1.40. The molecule has 0 spiro atoms. The van der Waals surface area contributed by atoms with Crippen LogP contribution in [0.15, 0.2) is 35.8 Å². The molecule has 4 nitrogen and oxygen atoms in total. The molecular formula is C11H12O4. The van der Waals surface area contributed by atoms with E-state index in [2.05, 4.69) is 0 Å². The molecule has 0 saturated carbocycles. The zero-order valence-electron chi connectivity index (χ0n) is 8.43. The molecule has 0 saturated heterocycles. The van der Waals surface area contributed by atoms with Crippen molar-refractivity contribution in [1.82, 2.24) is 0 Å². The second-order valence-electron chi connectivity index (χ2n) is 3.13. The first-order chi connectivity index (χ1) is 7.31. The summed E-state index contributed by atoms with van der Waals surface area (Å²) in [5, 5.41) is 0. The van der Waals surface area contributed by atoms with Crippen LogP contribution in [-0.2, 0) is 19.0 Å². The Bertz CT molecular complexity index is 328. The SMILES string of the molecule is CCOC(=O)C1C=CC2=C(C=C1)OCO2. The summed E-state index contributed by atoms with van der Waals surface area (Å²) in [6, 6.07) is 0. The van der Waals surface area contributed by atoms with Gasteiger partial charge in [0.15, 0.2) is 11.5 Å². The van der Waals surface area contributed by atoms with Crippen molar-refractivity contribution >= 4 is 5.97 Å². The summed E-state index contributed by atoms with van der Waals surface area (Å²) >= 11 is 0. The van der Waals surface area contributed by atoms with Crippen molar-refractivity contribution in [2.75, 3.05) is 13.4 Å². The monoisotopic (exact) mass is 208 g/mol. The molecule has 0 aromatic heterocycles. The maximum Gasteiger partial charge on any atom is 0.316 e. The van der Waals surface area contributed by atoms with Gasteiger partial charge in [-0.3, -0.25) is 4.79 Å². The second-order valence-corrected chi connectivity index (χ2v) is 3.13. The fourth-order valence-corrected chi connectivity index (χ4v) is 1.40. The van der Waals surface area contributed by atoms with Gasteiger partial charge in [0.1, 0.15) is 0 Å². The van der Waals surface area contributed by atoms with Crippen molar-refractivity contribution in [3.8, 4) is 0 Å². The number of rotatable bonds is 2. The van der Waals surface area contributed by atoms with E-state index in [-0.39, 0.29) is 18.7 Å². The molecule has 1 heterocycles. The predicted octanol–water partition coefficient (Wildman–Crippen LogP) is 1.51. The first-order valence-electron chi connectivity index (χ1n) is 4.84. The van der Waals surface area contributed by atoms with E-state index in [1.54, 1.807) is 31.2 Å². The van der Waals surface area contributed by atoms with E-state index in [0.717, 1.165) is 0 Å². The third-order valence-corrected chi connectivity index (χ3v) is 2.14. The maximum atomic E-state index is 11.4. The van der Waals surface area contributed by atoms with E-state index >= 15 is 0 Å². The van der Waals surface area contributed by atoms with Gasteiger partial charge in [0.2, 0.25) is 6.79 Å². The highest BCUT2D eigenvalue weighted by molar-refractivity contribution is 5.77. The molecule has 0 unspecified atom stereocenters. The predicted molar refractivity (Wildman–Crippen MR) is 52.5 cm³/mol. The first kappa shape index (κ1) is 9.83. The third-order valence-electron chi connectivity index (χ3n) is 2.14. The van der Waals surface area contributed by atoms with E-state index in [1.165, 1.54) is 0 Å². The van der Waals surface area contributed by atoms with E-state index in [1.807, 2.05) is 0 Å². The van der Waals surface area contributed by atoms with E-state index in [4.69, 9.17) is 14.2 Å². The Morgan fingerprint density at radius 2 is 2.00 bits per heavy atom. The molecule has 2 rings (SSSR count). The highest BCUT2D eigenvalue weighted by atomic mass is 16.7. The van der Waals surface area contributed by atoms with Gasteiger partial charge in [0.25, 0.3) is 0 Å². The second kappa shape index (κ2) is 4.21. The Kier molecular flexibility index (Phi) is 2.76.